The zero-order chi connectivity index (χ0) is 14.2. The van der Waals surface area contributed by atoms with Crippen molar-refractivity contribution >= 4 is 5.97 Å². The number of carbonyl (C=O) groups excluding carboxylic acids is 1. The maximum atomic E-state index is 12.6. The lowest BCUT2D eigenvalue weighted by Gasteiger charge is -2.34. The number of alkyl halides is 3. The molecule has 19 heavy (non-hydrogen) atoms. The van der Waals surface area contributed by atoms with Gasteiger partial charge in [-0.05, 0) is 32.9 Å². The summed E-state index contributed by atoms with van der Waals surface area (Å²) in [5.41, 5.74) is 0. The Morgan fingerprint density at radius 2 is 1.84 bits per heavy atom. The van der Waals surface area contributed by atoms with Crippen LogP contribution in [0.15, 0.2) is 0 Å². The first-order valence-corrected chi connectivity index (χ1v) is 6.78. The van der Waals surface area contributed by atoms with E-state index in [9.17, 15) is 18.0 Å². The van der Waals surface area contributed by atoms with Crippen molar-refractivity contribution in [2.24, 2.45) is 17.8 Å². The summed E-state index contributed by atoms with van der Waals surface area (Å²) in [4.78, 5) is 13.6. The molecule has 3 nitrogen and oxygen atoms in total. The molecule has 6 heteroatoms. The molecule has 0 N–H and O–H groups in total. The number of nitrogens with zero attached hydrogens (tertiary/aromatic N) is 1. The number of rotatable bonds is 2. The van der Waals surface area contributed by atoms with E-state index in [-0.39, 0.29) is 36.8 Å². The first kappa shape index (κ1) is 14.6. The fraction of sp³-hybridized carbons (Fsp3) is 0.923. The van der Waals surface area contributed by atoms with Gasteiger partial charge in [0, 0.05) is 12.5 Å². The number of cyclic esters (lactones) is 1. The summed E-state index contributed by atoms with van der Waals surface area (Å²) in [7, 11) is 0. The van der Waals surface area contributed by atoms with E-state index in [1.165, 1.54) is 0 Å². The van der Waals surface area contributed by atoms with Crippen molar-refractivity contribution < 1.29 is 22.7 Å². The number of halogens is 3. The second kappa shape index (κ2) is 5.31. The number of esters is 1. The van der Waals surface area contributed by atoms with Crippen LogP contribution in [-0.2, 0) is 9.53 Å². The van der Waals surface area contributed by atoms with Gasteiger partial charge in [0.15, 0.2) is 0 Å². The first-order chi connectivity index (χ1) is 8.79. The molecule has 0 saturated carbocycles. The lowest BCUT2D eigenvalue weighted by Crippen LogP contribution is -2.42. The van der Waals surface area contributed by atoms with Crippen molar-refractivity contribution in [3.8, 4) is 0 Å². The van der Waals surface area contributed by atoms with Crippen molar-refractivity contribution in [3.05, 3.63) is 0 Å². The summed E-state index contributed by atoms with van der Waals surface area (Å²) in [6.45, 7) is 5.17. The fourth-order valence-corrected chi connectivity index (χ4v) is 2.88. The largest absolute Gasteiger partial charge is 0.462 e. The van der Waals surface area contributed by atoms with Gasteiger partial charge in [-0.1, -0.05) is 6.92 Å². The number of hydrogen-bond acceptors (Lipinski definition) is 3. The molecule has 2 heterocycles. The summed E-state index contributed by atoms with van der Waals surface area (Å²) in [5, 5.41) is 0. The molecule has 0 aliphatic carbocycles. The Bertz CT molecular complexity index is 337. The third-order valence-electron chi connectivity index (χ3n) is 4.49. The van der Waals surface area contributed by atoms with Crippen LogP contribution in [0.1, 0.15) is 26.7 Å². The lowest BCUT2D eigenvalue weighted by molar-refractivity contribution is -0.185. The van der Waals surface area contributed by atoms with E-state index >= 15 is 0 Å². The topological polar surface area (TPSA) is 29.5 Å². The van der Waals surface area contributed by atoms with Crippen molar-refractivity contribution in [1.29, 1.82) is 0 Å². The van der Waals surface area contributed by atoms with Gasteiger partial charge in [-0.2, -0.15) is 13.2 Å². The van der Waals surface area contributed by atoms with Gasteiger partial charge < -0.3 is 9.64 Å². The number of hydrogen-bond donors (Lipinski definition) is 0. The molecule has 110 valence electrons. The highest BCUT2D eigenvalue weighted by Gasteiger charge is 2.43. The minimum absolute atomic E-state index is 0.0924. The van der Waals surface area contributed by atoms with Crippen molar-refractivity contribution in [1.82, 2.24) is 4.90 Å². The van der Waals surface area contributed by atoms with Crippen LogP contribution < -0.4 is 0 Å². The predicted octanol–water partition coefficient (Wildman–Crippen LogP) is 2.46. The van der Waals surface area contributed by atoms with Gasteiger partial charge in [0.1, 0.15) is 6.10 Å². The van der Waals surface area contributed by atoms with E-state index in [1.54, 1.807) is 0 Å². The van der Waals surface area contributed by atoms with E-state index in [2.05, 4.69) is 0 Å². The fourth-order valence-electron chi connectivity index (χ4n) is 2.88. The second-order valence-electron chi connectivity index (χ2n) is 5.72. The lowest BCUT2D eigenvalue weighted by atomic mass is 9.90. The zero-order valence-electron chi connectivity index (χ0n) is 11.2. The average Bonchev–Trinajstić information content (AvgIpc) is 2.56. The van der Waals surface area contributed by atoms with Gasteiger partial charge in [0.05, 0.1) is 11.8 Å². The summed E-state index contributed by atoms with van der Waals surface area (Å²) < 4.78 is 42.8. The van der Waals surface area contributed by atoms with E-state index in [0.29, 0.717) is 19.6 Å². The molecule has 0 aromatic carbocycles. The molecule has 0 radical (unpaired) electrons. The molecule has 2 aliphatic rings. The van der Waals surface area contributed by atoms with Crippen molar-refractivity contribution in [2.45, 2.75) is 39.0 Å². The Kier molecular flexibility index (Phi) is 4.08. The molecular formula is C13H20F3NO2. The summed E-state index contributed by atoms with van der Waals surface area (Å²) in [6.07, 6.45) is -3.91. The van der Waals surface area contributed by atoms with Crippen LogP contribution in [0.4, 0.5) is 13.2 Å². The van der Waals surface area contributed by atoms with E-state index < -0.39 is 12.1 Å². The van der Waals surface area contributed by atoms with Crippen molar-refractivity contribution in [2.75, 3.05) is 19.6 Å². The molecule has 0 bridgehead atoms. The standard InChI is InChI=1S/C13H20F3NO2/c1-8-9(2)19-12(18)11(8)7-17-5-3-10(4-6-17)13(14,15)16/h8-11H,3-7H2,1-2H3/t8-,9-,11+/m1/s1. The Hall–Kier alpha value is -0.780. The molecule has 3 atom stereocenters. The predicted molar refractivity (Wildman–Crippen MR) is 63.4 cm³/mol. The maximum absolute atomic E-state index is 12.6. The minimum Gasteiger partial charge on any atom is -0.462 e. The molecule has 2 saturated heterocycles. The van der Waals surface area contributed by atoms with Gasteiger partial charge in [-0.25, -0.2) is 0 Å². The van der Waals surface area contributed by atoms with Crippen LogP contribution in [0, 0.1) is 17.8 Å². The smallest absolute Gasteiger partial charge is 0.391 e. The van der Waals surface area contributed by atoms with Crippen LogP contribution >= 0.6 is 0 Å². The molecule has 2 rings (SSSR count). The highest BCUT2D eigenvalue weighted by atomic mass is 19.4. The third kappa shape index (κ3) is 3.22. The Morgan fingerprint density at radius 1 is 1.26 bits per heavy atom. The van der Waals surface area contributed by atoms with Crippen LogP contribution in [-0.4, -0.2) is 42.8 Å². The Morgan fingerprint density at radius 3 is 2.26 bits per heavy atom. The van der Waals surface area contributed by atoms with Crippen LogP contribution in [0.3, 0.4) is 0 Å². The molecule has 0 unspecified atom stereocenters. The highest BCUT2D eigenvalue weighted by molar-refractivity contribution is 5.75. The zero-order valence-corrected chi connectivity index (χ0v) is 11.2. The summed E-state index contributed by atoms with van der Waals surface area (Å²) in [6, 6.07) is 0. The normalized spacial score (nSPS) is 34.6. The molecular weight excluding hydrogens is 259 g/mol. The second-order valence-corrected chi connectivity index (χ2v) is 5.72. The average molecular weight is 279 g/mol. The van der Waals surface area contributed by atoms with Crippen LogP contribution in [0.5, 0.6) is 0 Å². The molecule has 0 aromatic heterocycles. The van der Waals surface area contributed by atoms with Crippen molar-refractivity contribution in [3.63, 3.8) is 0 Å². The SMILES string of the molecule is C[C@H]1[C@H](CN2CCC(C(F)(F)F)CC2)C(=O)O[C@@H]1C. The monoisotopic (exact) mass is 279 g/mol. The molecule has 0 aromatic rings. The molecule has 0 amide bonds. The molecule has 2 fully saturated rings. The molecule has 2 aliphatic heterocycles. The number of ether oxygens (including phenoxy) is 1. The third-order valence-corrected chi connectivity index (χ3v) is 4.49. The van der Waals surface area contributed by atoms with Gasteiger partial charge in [0.25, 0.3) is 0 Å². The van der Waals surface area contributed by atoms with Gasteiger partial charge in [0.2, 0.25) is 0 Å². The maximum Gasteiger partial charge on any atom is 0.391 e. The van der Waals surface area contributed by atoms with Gasteiger partial charge in [-0.15, -0.1) is 0 Å². The van der Waals surface area contributed by atoms with Gasteiger partial charge >= 0.3 is 12.1 Å². The highest BCUT2D eigenvalue weighted by Crippen LogP contribution is 2.35. The van der Waals surface area contributed by atoms with E-state index in [1.807, 2.05) is 18.7 Å². The first-order valence-electron chi connectivity index (χ1n) is 6.78. The minimum atomic E-state index is -4.08. The van der Waals surface area contributed by atoms with Gasteiger partial charge in [-0.3, -0.25) is 4.79 Å². The van der Waals surface area contributed by atoms with E-state index in [0.717, 1.165) is 0 Å². The summed E-state index contributed by atoms with van der Waals surface area (Å²) >= 11 is 0. The summed E-state index contributed by atoms with van der Waals surface area (Å²) in [5.74, 6) is -1.46. The Balaban J connectivity index is 1.85. The number of likely N-dealkylation sites (tertiary alicyclic amines) is 1. The quantitative estimate of drug-likeness (QED) is 0.727. The number of piperidine rings is 1. The van der Waals surface area contributed by atoms with Crippen LogP contribution in [0.25, 0.3) is 0 Å². The van der Waals surface area contributed by atoms with Crippen LogP contribution in [0.2, 0.25) is 0 Å². The Labute approximate surface area is 111 Å². The van der Waals surface area contributed by atoms with E-state index in [4.69, 9.17) is 4.74 Å². The molecule has 0 spiro atoms. The number of carbonyl (C=O) groups is 1.